The number of nitrogens with one attached hydrogen (secondary N) is 1. The maximum atomic E-state index is 12.5. The molecule has 2 saturated heterocycles. The van der Waals surface area contributed by atoms with E-state index in [-0.39, 0.29) is 5.91 Å². The second-order valence-electron chi connectivity index (χ2n) is 7.03. The van der Waals surface area contributed by atoms with E-state index < -0.39 is 0 Å². The third-order valence-corrected chi connectivity index (χ3v) is 5.13. The maximum Gasteiger partial charge on any atom is 0.238 e. The van der Waals surface area contributed by atoms with Crippen LogP contribution in [-0.4, -0.2) is 61.6 Å². The van der Waals surface area contributed by atoms with Gasteiger partial charge in [0.2, 0.25) is 5.91 Å². The summed E-state index contributed by atoms with van der Waals surface area (Å²) in [6.45, 7) is 6.96. The van der Waals surface area contributed by atoms with Crippen molar-refractivity contribution in [1.29, 1.82) is 0 Å². The van der Waals surface area contributed by atoms with Crippen molar-refractivity contribution < 1.29 is 9.53 Å². The van der Waals surface area contributed by atoms with Crippen LogP contribution in [0.2, 0.25) is 0 Å². The largest absolute Gasteiger partial charge is 0.495 e. The Bertz CT molecular complexity index is 570. The first-order valence-corrected chi connectivity index (χ1v) is 9.06. The van der Waals surface area contributed by atoms with Gasteiger partial charge in [0.25, 0.3) is 0 Å². The quantitative estimate of drug-likeness (QED) is 0.900. The number of ether oxygens (including phenoxy) is 1. The molecule has 0 aliphatic carbocycles. The number of hydrogen-bond acceptors (Lipinski definition) is 4. The van der Waals surface area contributed by atoms with Gasteiger partial charge < -0.3 is 10.1 Å². The minimum absolute atomic E-state index is 0.0426. The first kappa shape index (κ1) is 17.2. The average Bonchev–Trinajstić information content (AvgIpc) is 3.10. The molecule has 2 aliphatic rings. The third kappa shape index (κ3) is 4.28. The fraction of sp³-hybridized carbons (Fsp3) is 0.632. The molecular formula is C19H29N3O2. The van der Waals surface area contributed by atoms with Gasteiger partial charge in [-0.3, -0.25) is 14.6 Å². The zero-order valence-corrected chi connectivity index (χ0v) is 14.9. The summed E-state index contributed by atoms with van der Waals surface area (Å²) in [6, 6.07) is 6.47. The number of hydrogen-bond donors (Lipinski definition) is 1. The Balaban J connectivity index is 1.55. The van der Waals surface area contributed by atoms with Crippen LogP contribution < -0.4 is 10.1 Å². The molecule has 2 fully saturated rings. The van der Waals surface area contributed by atoms with Crippen LogP contribution >= 0.6 is 0 Å². The number of carbonyl (C=O) groups is 1. The predicted molar refractivity (Wildman–Crippen MR) is 96.6 cm³/mol. The van der Waals surface area contributed by atoms with Crippen LogP contribution in [0.3, 0.4) is 0 Å². The van der Waals surface area contributed by atoms with Crippen molar-refractivity contribution in [3.05, 3.63) is 23.8 Å². The Morgan fingerprint density at radius 3 is 2.79 bits per heavy atom. The molecular weight excluding hydrogens is 302 g/mol. The lowest BCUT2D eigenvalue weighted by molar-refractivity contribution is -0.117. The maximum absolute atomic E-state index is 12.5. The van der Waals surface area contributed by atoms with Crippen LogP contribution in [0.25, 0.3) is 0 Å². The number of aryl methyl sites for hydroxylation is 1. The molecule has 5 heteroatoms. The number of likely N-dealkylation sites (tertiary alicyclic amines) is 2. The molecule has 0 aromatic heterocycles. The normalized spacial score (nSPS) is 22.5. The van der Waals surface area contributed by atoms with Gasteiger partial charge in [-0.2, -0.15) is 0 Å². The van der Waals surface area contributed by atoms with Crippen molar-refractivity contribution in [2.45, 2.75) is 38.6 Å². The lowest BCUT2D eigenvalue weighted by Gasteiger charge is -2.37. The second-order valence-corrected chi connectivity index (χ2v) is 7.03. The molecule has 2 heterocycles. The predicted octanol–water partition coefficient (Wildman–Crippen LogP) is 2.50. The van der Waals surface area contributed by atoms with E-state index in [2.05, 4.69) is 15.1 Å². The molecule has 0 saturated carbocycles. The van der Waals surface area contributed by atoms with E-state index in [4.69, 9.17) is 4.74 Å². The molecule has 1 atom stereocenters. The highest BCUT2D eigenvalue weighted by atomic mass is 16.5. The van der Waals surface area contributed by atoms with Gasteiger partial charge >= 0.3 is 0 Å². The van der Waals surface area contributed by atoms with Gasteiger partial charge in [-0.05, 0) is 69.9 Å². The SMILES string of the molecule is COc1ccc(C)cc1NC(=O)CN1CCCC(N2CCCC2)C1. The van der Waals surface area contributed by atoms with Gasteiger partial charge in [0.05, 0.1) is 19.3 Å². The number of rotatable bonds is 5. The summed E-state index contributed by atoms with van der Waals surface area (Å²) in [5.74, 6) is 0.753. The van der Waals surface area contributed by atoms with E-state index in [1.807, 2.05) is 25.1 Å². The fourth-order valence-electron chi connectivity index (χ4n) is 3.89. The van der Waals surface area contributed by atoms with Crippen LogP contribution in [-0.2, 0) is 4.79 Å². The molecule has 1 aromatic rings. The fourth-order valence-corrected chi connectivity index (χ4v) is 3.89. The van der Waals surface area contributed by atoms with E-state index in [1.54, 1.807) is 7.11 Å². The first-order valence-electron chi connectivity index (χ1n) is 9.06. The Morgan fingerprint density at radius 1 is 1.25 bits per heavy atom. The average molecular weight is 331 g/mol. The van der Waals surface area contributed by atoms with E-state index >= 15 is 0 Å². The molecule has 24 heavy (non-hydrogen) atoms. The van der Waals surface area contributed by atoms with Crippen LogP contribution in [0.5, 0.6) is 5.75 Å². The molecule has 3 rings (SSSR count). The first-order chi connectivity index (χ1) is 11.7. The number of nitrogens with zero attached hydrogens (tertiary/aromatic N) is 2. The topological polar surface area (TPSA) is 44.8 Å². The molecule has 2 aliphatic heterocycles. The number of benzene rings is 1. The van der Waals surface area contributed by atoms with Gasteiger partial charge in [-0.15, -0.1) is 0 Å². The van der Waals surface area contributed by atoms with Crippen LogP contribution in [0, 0.1) is 6.92 Å². The molecule has 132 valence electrons. The Labute approximate surface area is 145 Å². The van der Waals surface area contributed by atoms with Crippen molar-refractivity contribution in [3.63, 3.8) is 0 Å². The highest BCUT2D eigenvalue weighted by molar-refractivity contribution is 5.93. The standard InChI is InChI=1S/C19H29N3O2/c1-15-7-8-18(24-2)17(12-15)20-19(23)14-21-9-5-6-16(13-21)22-10-3-4-11-22/h7-8,12,16H,3-6,9-11,13-14H2,1-2H3,(H,20,23). The molecule has 1 aromatic carbocycles. The highest BCUT2D eigenvalue weighted by Gasteiger charge is 2.27. The number of anilines is 1. The molecule has 1 N–H and O–H groups in total. The molecule has 1 unspecified atom stereocenters. The summed E-state index contributed by atoms with van der Waals surface area (Å²) in [5, 5.41) is 3.01. The summed E-state index contributed by atoms with van der Waals surface area (Å²) < 4.78 is 5.34. The monoisotopic (exact) mass is 331 g/mol. The number of amides is 1. The Morgan fingerprint density at radius 2 is 2.04 bits per heavy atom. The number of carbonyl (C=O) groups excluding carboxylic acids is 1. The summed E-state index contributed by atoms with van der Waals surface area (Å²) in [4.78, 5) is 17.4. The summed E-state index contributed by atoms with van der Waals surface area (Å²) >= 11 is 0. The molecule has 0 bridgehead atoms. The lowest BCUT2D eigenvalue weighted by atomic mass is 10.0. The smallest absolute Gasteiger partial charge is 0.238 e. The summed E-state index contributed by atoms with van der Waals surface area (Å²) in [7, 11) is 1.63. The van der Waals surface area contributed by atoms with Crippen molar-refractivity contribution in [3.8, 4) is 5.75 Å². The van der Waals surface area contributed by atoms with E-state index in [0.717, 1.165) is 24.3 Å². The van der Waals surface area contributed by atoms with Crippen molar-refractivity contribution in [1.82, 2.24) is 9.80 Å². The minimum Gasteiger partial charge on any atom is -0.495 e. The highest BCUT2D eigenvalue weighted by Crippen LogP contribution is 2.25. The molecule has 0 radical (unpaired) electrons. The Kier molecular flexibility index (Phi) is 5.74. The van der Waals surface area contributed by atoms with Crippen LogP contribution in [0.15, 0.2) is 18.2 Å². The van der Waals surface area contributed by atoms with Gasteiger partial charge in [0, 0.05) is 12.6 Å². The van der Waals surface area contributed by atoms with Gasteiger partial charge in [0.1, 0.15) is 5.75 Å². The van der Waals surface area contributed by atoms with Gasteiger partial charge in [-0.25, -0.2) is 0 Å². The molecule has 5 nitrogen and oxygen atoms in total. The zero-order valence-electron chi connectivity index (χ0n) is 14.9. The lowest BCUT2D eigenvalue weighted by Crippen LogP contribution is -2.48. The van der Waals surface area contributed by atoms with E-state index in [0.29, 0.717) is 18.3 Å². The van der Waals surface area contributed by atoms with Crippen molar-refractivity contribution in [2.24, 2.45) is 0 Å². The zero-order chi connectivity index (χ0) is 16.9. The van der Waals surface area contributed by atoms with E-state index in [9.17, 15) is 4.79 Å². The van der Waals surface area contributed by atoms with Gasteiger partial charge in [-0.1, -0.05) is 6.07 Å². The number of methoxy groups -OCH3 is 1. The number of piperidine rings is 1. The van der Waals surface area contributed by atoms with Gasteiger partial charge in [0.15, 0.2) is 0 Å². The van der Waals surface area contributed by atoms with E-state index in [1.165, 1.54) is 38.8 Å². The minimum atomic E-state index is 0.0426. The third-order valence-electron chi connectivity index (χ3n) is 5.13. The Hall–Kier alpha value is -1.59. The van der Waals surface area contributed by atoms with Crippen molar-refractivity contribution >= 4 is 11.6 Å². The second kappa shape index (κ2) is 7.99. The van der Waals surface area contributed by atoms with Crippen LogP contribution in [0.1, 0.15) is 31.2 Å². The summed E-state index contributed by atoms with van der Waals surface area (Å²) in [5.41, 5.74) is 1.87. The van der Waals surface area contributed by atoms with Crippen LogP contribution in [0.4, 0.5) is 5.69 Å². The summed E-state index contributed by atoms with van der Waals surface area (Å²) in [6.07, 6.45) is 5.10. The van der Waals surface area contributed by atoms with Crippen molar-refractivity contribution in [2.75, 3.05) is 45.2 Å². The molecule has 1 amide bonds. The molecule has 0 spiro atoms.